The first-order chi connectivity index (χ1) is 16.1. The molecule has 0 fully saturated rings. The van der Waals surface area contributed by atoms with E-state index in [9.17, 15) is 4.79 Å². The lowest BCUT2D eigenvalue weighted by molar-refractivity contribution is 0.0340. The molecule has 4 aliphatic rings. The fraction of sp³-hybridized carbons (Fsp3) is 0.385. The molecule has 0 saturated carbocycles. The lowest BCUT2D eigenvalue weighted by Gasteiger charge is -2.36. The van der Waals surface area contributed by atoms with Crippen molar-refractivity contribution in [1.82, 2.24) is 10.2 Å². The van der Waals surface area contributed by atoms with Crippen LogP contribution in [0.5, 0.6) is 11.5 Å². The third-order valence-electron chi connectivity index (χ3n) is 6.95. The van der Waals surface area contributed by atoms with Crippen LogP contribution >= 0.6 is 9.24 Å². The van der Waals surface area contributed by atoms with Crippen LogP contribution in [0, 0.1) is 0 Å². The van der Waals surface area contributed by atoms with Crippen molar-refractivity contribution >= 4 is 26.6 Å². The molecule has 2 spiro atoms. The fourth-order valence-electron chi connectivity index (χ4n) is 5.68. The van der Waals surface area contributed by atoms with Crippen molar-refractivity contribution in [1.29, 1.82) is 0 Å². The van der Waals surface area contributed by atoms with Gasteiger partial charge in [-0.2, -0.15) is 0 Å². The number of para-hydroxylation sites is 1. The summed E-state index contributed by atoms with van der Waals surface area (Å²) in [5.41, 5.74) is 0.981. The molecule has 2 bridgehead atoms. The molecule has 2 aromatic rings. The molecule has 3 unspecified atom stereocenters. The van der Waals surface area contributed by atoms with Crippen LogP contribution in [0.4, 0.5) is 4.79 Å². The number of benzene rings is 2. The van der Waals surface area contributed by atoms with E-state index in [2.05, 4.69) is 26.7 Å². The van der Waals surface area contributed by atoms with Crippen molar-refractivity contribution in [2.24, 2.45) is 4.99 Å². The number of aliphatic imine (C=N–C) groups is 1. The van der Waals surface area contributed by atoms with E-state index in [1.54, 1.807) is 0 Å². The number of ether oxygens (including phenoxy) is 3. The van der Waals surface area contributed by atoms with E-state index in [1.165, 1.54) is 0 Å². The maximum absolute atomic E-state index is 12.7. The summed E-state index contributed by atoms with van der Waals surface area (Å²) in [7, 11) is 4.67. The Balaban J connectivity index is 1.53. The van der Waals surface area contributed by atoms with Crippen molar-refractivity contribution in [2.75, 3.05) is 7.05 Å². The number of amides is 1. The van der Waals surface area contributed by atoms with Crippen molar-refractivity contribution in [3.8, 4) is 11.5 Å². The Hall–Kier alpha value is -3.05. The maximum atomic E-state index is 12.7. The van der Waals surface area contributed by atoms with E-state index in [1.807, 2.05) is 63.1 Å². The van der Waals surface area contributed by atoms with Crippen LogP contribution in [-0.2, 0) is 16.7 Å². The van der Waals surface area contributed by atoms with E-state index < -0.39 is 22.8 Å². The Morgan fingerprint density at radius 1 is 1.21 bits per heavy atom. The van der Waals surface area contributed by atoms with E-state index in [-0.39, 0.29) is 0 Å². The molecule has 0 saturated heterocycles. The highest BCUT2D eigenvalue weighted by atomic mass is 31.0. The molecular weight excluding hydrogens is 449 g/mol. The Morgan fingerprint density at radius 2 is 2.00 bits per heavy atom. The molecule has 1 aliphatic carbocycles. The highest BCUT2D eigenvalue weighted by molar-refractivity contribution is 7.27. The van der Waals surface area contributed by atoms with Gasteiger partial charge >= 0.3 is 6.09 Å². The Morgan fingerprint density at radius 3 is 2.79 bits per heavy atom. The smallest absolute Gasteiger partial charge is 0.414 e. The topological polar surface area (TPSA) is 72.4 Å². The first kappa shape index (κ1) is 21.5. The number of fused-ring (bicyclic) bond motifs is 3. The summed E-state index contributed by atoms with van der Waals surface area (Å²) in [5, 5.41) is 3.92. The quantitative estimate of drug-likeness (QED) is 0.582. The van der Waals surface area contributed by atoms with Crippen LogP contribution in [0.2, 0.25) is 0 Å². The van der Waals surface area contributed by atoms with Crippen molar-refractivity contribution in [3.05, 3.63) is 65.0 Å². The van der Waals surface area contributed by atoms with Gasteiger partial charge in [0.15, 0.2) is 11.1 Å². The minimum atomic E-state index is -0.814. The summed E-state index contributed by atoms with van der Waals surface area (Å²) in [5.74, 6) is 2.93. The van der Waals surface area contributed by atoms with Gasteiger partial charge in [-0.1, -0.05) is 24.3 Å². The molecule has 8 heteroatoms. The number of rotatable bonds is 0. The molecular formula is C26H28N3O4P. The van der Waals surface area contributed by atoms with Crippen LogP contribution in [0.15, 0.2) is 58.9 Å². The second-order valence-corrected chi connectivity index (χ2v) is 11.0. The van der Waals surface area contributed by atoms with Gasteiger partial charge in [0.25, 0.3) is 0 Å². The van der Waals surface area contributed by atoms with Gasteiger partial charge in [0.1, 0.15) is 22.9 Å². The second kappa shape index (κ2) is 6.98. The van der Waals surface area contributed by atoms with Gasteiger partial charge in [-0.05, 0) is 62.7 Å². The van der Waals surface area contributed by atoms with Crippen LogP contribution in [0.3, 0.4) is 0 Å². The monoisotopic (exact) mass is 477 g/mol. The number of guanidine groups is 1. The molecule has 176 valence electrons. The normalized spacial score (nSPS) is 26.3. The van der Waals surface area contributed by atoms with Crippen molar-refractivity contribution in [2.45, 2.75) is 56.8 Å². The molecule has 7 nitrogen and oxygen atoms in total. The molecule has 0 radical (unpaired) electrons. The highest BCUT2D eigenvalue weighted by Gasteiger charge is 2.71. The summed E-state index contributed by atoms with van der Waals surface area (Å²) in [4.78, 5) is 19.8. The van der Waals surface area contributed by atoms with Gasteiger partial charge in [-0.3, -0.25) is 5.32 Å². The lowest BCUT2D eigenvalue weighted by Crippen LogP contribution is -2.48. The zero-order valence-corrected chi connectivity index (χ0v) is 20.9. The summed E-state index contributed by atoms with van der Waals surface area (Å²) >= 11 is 0. The molecule has 1 N–H and O–H groups in total. The number of likely N-dealkylation sites (N-methyl/N-ethyl adjacent to an activating group) is 1. The first-order valence-corrected chi connectivity index (χ1v) is 12.1. The van der Waals surface area contributed by atoms with Gasteiger partial charge < -0.3 is 19.1 Å². The summed E-state index contributed by atoms with van der Waals surface area (Å²) in [6.07, 6.45) is 1.62. The van der Waals surface area contributed by atoms with E-state index in [0.29, 0.717) is 12.4 Å². The van der Waals surface area contributed by atoms with Crippen LogP contribution in [-0.4, -0.2) is 35.2 Å². The molecule has 3 aliphatic heterocycles. The van der Waals surface area contributed by atoms with E-state index in [4.69, 9.17) is 19.2 Å². The predicted octanol–water partition coefficient (Wildman–Crippen LogP) is 3.98. The van der Waals surface area contributed by atoms with E-state index >= 15 is 0 Å². The molecule has 6 rings (SSSR count). The predicted molar refractivity (Wildman–Crippen MR) is 132 cm³/mol. The van der Waals surface area contributed by atoms with Crippen LogP contribution in [0.25, 0.3) is 0 Å². The molecule has 2 aromatic carbocycles. The number of hydrogen-bond donors (Lipinski definition) is 1. The lowest BCUT2D eigenvalue weighted by atomic mass is 9.75. The average molecular weight is 478 g/mol. The number of nitrogens with one attached hydrogen (secondary N) is 1. The number of aryl methyl sites for hydroxylation is 1. The fourth-order valence-corrected chi connectivity index (χ4v) is 5.94. The Bertz CT molecular complexity index is 1300. The minimum absolute atomic E-state index is 0.425. The minimum Gasteiger partial charge on any atom is -0.483 e. The number of hydrogen-bond acceptors (Lipinski definition) is 6. The van der Waals surface area contributed by atoms with Crippen LogP contribution in [0.1, 0.15) is 44.7 Å². The molecule has 0 aromatic heterocycles. The number of nitrogens with zero attached hydrogens (tertiary/aromatic N) is 2. The van der Waals surface area contributed by atoms with Gasteiger partial charge in [0.05, 0.1) is 12.1 Å². The zero-order chi connectivity index (χ0) is 23.9. The van der Waals surface area contributed by atoms with Gasteiger partial charge in [-0.25, -0.2) is 9.79 Å². The van der Waals surface area contributed by atoms with Gasteiger partial charge in [0, 0.05) is 12.6 Å². The summed E-state index contributed by atoms with van der Waals surface area (Å²) < 4.78 is 18.8. The Kier molecular flexibility index (Phi) is 4.41. The standard InChI is InChI=1S/C26H28N3O4P/c1-24(2,3)33-23(30)27-22-28-26-17-13-16(34)9-10-19(17)32-25(26)12-11-15-7-5-6-8-18(15)31-20(14-25)21(26)29(22)4/h5-10,13H,11-12,14,34H2,1-4H3,(H,27,28,30). The third-order valence-corrected chi connectivity index (χ3v) is 7.31. The van der Waals surface area contributed by atoms with Gasteiger partial charge in [-0.15, -0.1) is 9.24 Å². The summed E-state index contributed by atoms with van der Waals surface area (Å²) in [6.45, 7) is 5.51. The maximum Gasteiger partial charge on any atom is 0.414 e. The highest BCUT2D eigenvalue weighted by Crippen LogP contribution is 2.65. The first-order valence-electron chi connectivity index (χ1n) is 11.5. The second-order valence-electron chi connectivity index (χ2n) is 10.3. The Labute approximate surface area is 201 Å². The molecule has 3 atom stereocenters. The SMILES string of the molecule is CN1C(NC(=O)OC(C)(C)C)=NC23C1=C1CC2(CCc2ccccc2O1)Oc1ccc(P)cc13. The van der Waals surface area contributed by atoms with Crippen molar-refractivity contribution in [3.63, 3.8) is 0 Å². The average Bonchev–Trinajstić information content (AvgIpc) is 3.27. The molecule has 1 amide bonds. The molecule has 3 heterocycles. The van der Waals surface area contributed by atoms with Gasteiger partial charge in [0.2, 0.25) is 5.96 Å². The molecule has 34 heavy (non-hydrogen) atoms. The summed E-state index contributed by atoms with van der Waals surface area (Å²) in [6, 6.07) is 14.3. The zero-order valence-electron chi connectivity index (χ0n) is 19.8. The number of carbonyl (C=O) groups excluding carboxylic acids is 1. The number of alkyl carbamates (subject to hydrolysis) is 1. The van der Waals surface area contributed by atoms with Crippen LogP contribution < -0.4 is 20.1 Å². The largest absolute Gasteiger partial charge is 0.483 e. The van der Waals surface area contributed by atoms with E-state index in [0.717, 1.165) is 52.2 Å². The third kappa shape index (κ3) is 2.92. The number of carbonyl (C=O) groups is 1. The van der Waals surface area contributed by atoms with Crippen molar-refractivity contribution < 1.29 is 19.0 Å².